The fraction of sp³-hybridized carbons (Fsp3) is 0.250. The van der Waals surface area contributed by atoms with Crippen molar-refractivity contribution in [3.8, 4) is 11.8 Å². The lowest BCUT2D eigenvalue weighted by Gasteiger charge is -2.16. The van der Waals surface area contributed by atoms with E-state index in [2.05, 4.69) is 6.58 Å². The summed E-state index contributed by atoms with van der Waals surface area (Å²) in [6.07, 6.45) is -1.16. The molecule has 0 aromatic heterocycles. The van der Waals surface area contributed by atoms with Crippen molar-refractivity contribution in [2.75, 3.05) is 6.61 Å². The predicted octanol–water partition coefficient (Wildman–Crippen LogP) is 1.17. The Labute approximate surface area is 94.0 Å². The molecule has 0 saturated carbocycles. The van der Waals surface area contributed by atoms with Crippen LogP contribution in [0.15, 0.2) is 36.9 Å². The largest absolute Gasteiger partial charge is 0.489 e. The number of ether oxygens (including phenoxy) is 1. The third kappa shape index (κ3) is 2.83. The Hall–Kier alpha value is -1.83. The van der Waals surface area contributed by atoms with Gasteiger partial charge in [-0.2, -0.15) is 5.26 Å². The van der Waals surface area contributed by atoms with E-state index in [0.29, 0.717) is 17.9 Å². The summed E-state index contributed by atoms with van der Waals surface area (Å²) < 4.78 is 5.30. The second-order valence-electron chi connectivity index (χ2n) is 3.16. The second-order valence-corrected chi connectivity index (χ2v) is 3.16. The molecule has 2 unspecified atom stereocenters. The Morgan fingerprint density at radius 2 is 2.12 bits per heavy atom. The quantitative estimate of drug-likeness (QED) is 0.576. The molecule has 0 aliphatic heterocycles. The number of aliphatic hydroxyl groups is 2. The van der Waals surface area contributed by atoms with Crippen molar-refractivity contribution in [2.45, 2.75) is 12.2 Å². The summed E-state index contributed by atoms with van der Waals surface area (Å²) in [5.41, 5.74) is 0.387. The van der Waals surface area contributed by atoms with Gasteiger partial charge >= 0.3 is 0 Å². The molecule has 0 fully saturated rings. The molecule has 16 heavy (non-hydrogen) atoms. The molecule has 0 amide bonds. The predicted molar refractivity (Wildman–Crippen MR) is 58.7 cm³/mol. The van der Waals surface area contributed by atoms with E-state index in [1.54, 1.807) is 36.4 Å². The summed E-state index contributed by atoms with van der Waals surface area (Å²) in [5.74, 6) is 0.434. The summed E-state index contributed by atoms with van der Waals surface area (Å²) in [5, 5.41) is 27.5. The van der Waals surface area contributed by atoms with E-state index >= 15 is 0 Å². The van der Waals surface area contributed by atoms with Gasteiger partial charge in [0.1, 0.15) is 18.5 Å². The number of hydrogen-bond donors (Lipinski definition) is 2. The first kappa shape index (κ1) is 12.2. The molecule has 0 heterocycles. The van der Waals surface area contributed by atoms with E-state index in [1.807, 2.05) is 0 Å². The highest BCUT2D eigenvalue weighted by Crippen LogP contribution is 2.26. The van der Waals surface area contributed by atoms with Crippen LogP contribution in [0.1, 0.15) is 11.7 Å². The maximum Gasteiger partial charge on any atom is 0.170 e. The zero-order valence-corrected chi connectivity index (χ0v) is 8.71. The summed E-state index contributed by atoms with van der Waals surface area (Å²) in [6.45, 7) is 3.81. The Kier molecular flexibility index (Phi) is 4.52. The van der Waals surface area contributed by atoms with Crippen LogP contribution in [-0.2, 0) is 0 Å². The molecule has 0 aliphatic rings. The molecule has 0 aliphatic carbocycles. The molecule has 1 rings (SSSR count). The van der Waals surface area contributed by atoms with Crippen LogP contribution in [-0.4, -0.2) is 22.9 Å². The van der Waals surface area contributed by atoms with Crippen LogP contribution in [0.25, 0.3) is 0 Å². The van der Waals surface area contributed by atoms with Crippen molar-refractivity contribution in [3.05, 3.63) is 42.5 Å². The SMILES string of the molecule is C=CCOc1ccccc1C(O)C(O)C#N. The highest BCUT2D eigenvalue weighted by molar-refractivity contribution is 5.36. The molecular formula is C12H13NO3. The van der Waals surface area contributed by atoms with Crippen molar-refractivity contribution in [1.29, 1.82) is 5.26 Å². The van der Waals surface area contributed by atoms with Gasteiger partial charge in [-0.3, -0.25) is 0 Å². The van der Waals surface area contributed by atoms with E-state index in [1.165, 1.54) is 0 Å². The lowest BCUT2D eigenvalue weighted by Crippen LogP contribution is -2.16. The molecule has 0 saturated heterocycles. The lowest BCUT2D eigenvalue weighted by molar-refractivity contribution is 0.0508. The number of benzene rings is 1. The van der Waals surface area contributed by atoms with Crippen molar-refractivity contribution in [3.63, 3.8) is 0 Å². The van der Waals surface area contributed by atoms with Gasteiger partial charge in [-0.25, -0.2) is 0 Å². The Balaban J connectivity index is 2.94. The number of rotatable bonds is 5. The molecule has 1 aromatic carbocycles. The van der Waals surface area contributed by atoms with E-state index in [0.717, 1.165) is 0 Å². The third-order valence-electron chi connectivity index (χ3n) is 2.03. The van der Waals surface area contributed by atoms with Gasteiger partial charge < -0.3 is 14.9 Å². The van der Waals surface area contributed by atoms with Crippen molar-refractivity contribution < 1.29 is 14.9 Å². The molecule has 2 atom stereocenters. The first-order valence-corrected chi connectivity index (χ1v) is 4.79. The van der Waals surface area contributed by atoms with Gasteiger partial charge in [0.15, 0.2) is 6.10 Å². The minimum Gasteiger partial charge on any atom is -0.489 e. The summed E-state index contributed by atoms with van der Waals surface area (Å²) in [4.78, 5) is 0. The molecule has 4 nitrogen and oxygen atoms in total. The van der Waals surface area contributed by atoms with Crippen LogP contribution < -0.4 is 4.74 Å². The van der Waals surface area contributed by atoms with Crippen LogP contribution >= 0.6 is 0 Å². The summed E-state index contributed by atoms with van der Waals surface area (Å²) in [6, 6.07) is 8.28. The molecule has 0 spiro atoms. The van der Waals surface area contributed by atoms with Gasteiger partial charge in [-0.1, -0.05) is 30.9 Å². The Morgan fingerprint density at radius 3 is 2.75 bits per heavy atom. The van der Waals surface area contributed by atoms with E-state index in [9.17, 15) is 10.2 Å². The summed E-state index contributed by atoms with van der Waals surface area (Å²) in [7, 11) is 0. The number of para-hydroxylation sites is 1. The average Bonchev–Trinajstić information content (AvgIpc) is 2.34. The fourth-order valence-corrected chi connectivity index (χ4v) is 1.25. The van der Waals surface area contributed by atoms with E-state index in [-0.39, 0.29) is 0 Å². The zero-order valence-electron chi connectivity index (χ0n) is 8.71. The van der Waals surface area contributed by atoms with Crippen LogP contribution in [0.3, 0.4) is 0 Å². The van der Waals surface area contributed by atoms with Crippen LogP contribution in [0.5, 0.6) is 5.75 Å². The lowest BCUT2D eigenvalue weighted by atomic mass is 10.0. The fourth-order valence-electron chi connectivity index (χ4n) is 1.25. The number of aliphatic hydroxyl groups excluding tert-OH is 2. The monoisotopic (exact) mass is 219 g/mol. The molecule has 4 heteroatoms. The zero-order chi connectivity index (χ0) is 12.0. The average molecular weight is 219 g/mol. The van der Waals surface area contributed by atoms with E-state index in [4.69, 9.17) is 10.00 Å². The minimum absolute atomic E-state index is 0.298. The van der Waals surface area contributed by atoms with Gasteiger partial charge in [0.2, 0.25) is 0 Å². The molecule has 1 aromatic rings. The Morgan fingerprint density at radius 1 is 1.44 bits per heavy atom. The van der Waals surface area contributed by atoms with E-state index < -0.39 is 12.2 Å². The second kappa shape index (κ2) is 5.91. The molecule has 2 N–H and O–H groups in total. The van der Waals surface area contributed by atoms with Crippen LogP contribution in [0, 0.1) is 11.3 Å². The number of hydrogen-bond acceptors (Lipinski definition) is 4. The van der Waals surface area contributed by atoms with Gasteiger partial charge in [0.25, 0.3) is 0 Å². The topological polar surface area (TPSA) is 73.5 Å². The van der Waals surface area contributed by atoms with Gasteiger partial charge in [0, 0.05) is 5.56 Å². The van der Waals surface area contributed by atoms with Crippen molar-refractivity contribution >= 4 is 0 Å². The van der Waals surface area contributed by atoms with Gasteiger partial charge in [0.05, 0.1) is 6.07 Å². The molecular weight excluding hydrogens is 206 g/mol. The van der Waals surface area contributed by atoms with Crippen LogP contribution in [0.2, 0.25) is 0 Å². The number of nitriles is 1. The molecule has 0 radical (unpaired) electrons. The number of nitrogens with zero attached hydrogens (tertiary/aromatic N) is 1. The van der Waals surface area contributed by atoms with Crippen molar-refractivity contribution in [1.82, 2.24) is 0 Å². The third-order valence-corrected chi connectivity index (χ3v) is 2.03. The van der Waals surface area contributed by atoms with Gasteiger partial charge in [-0.05, 0) is 6.07 Å². The first-order chi connectivity index (χ1) is 7.70. The molecule has 0 bridgehead atoms. The maximum absolute atomic E-state index is 9.69. The smallest absolute Gasteiger partial charge is 0.170 e. The van der Waals surface area contributed by atoms with Gasteiger partial charge in [-0.15, -0.1) is 0 Å². The normalized spacial score (nSPS) is 13.6. The minimum atomic E-state index is -1.46. The standard InChI is InChI=1S/C12H13NO3/c1-2-7-16-11-6-4-3-5-9(11)12(15)10(14)8-13/h2-6,10,12,14-15H,1,7H2. The van der Waals surface area contributed by atoms with Crippen molar-refractivity contribution in [2.24, 2.45) is 0 Å². The summed E-state index contributed by atoms with van der Waals surface area (Å²) >= 11 is 0. The maximum atomic E-state index is 9.69. The Bertz CT molecular complexity index is 397. The first-order valence-electron chi connectivity index (χ1n) is 4.79. The highest BCUT2D eigenvalue weighted by atomic mass is 16.5. The highest BCUT2D eigenvalue weighted by Gasteiger charge is 2.20. The molecule has 84 valence electrons. The van der Waals surface area contributed by atoms with Crippen LogP contribution in [0.4, 0.5) is 0 Å².